The minimum atomic E-state index is -0.171. The van der Waals surface area contributed by atoms with Gasteiger partial charge in [-0.2, -0.15) is 0 Å². The van der Waals surface area contributed by atoms with Crippen LogP contribution in [-0.4, -0.2) is 56.1 Å². The molecule has 3 rings (SSSR count). The summed E-state index contributed by atoms with van der Waals surface area (Å²) in [7, 11) is 2.11. The van der Waals surface area contributed by atoms with Gasteiger partial charge in [-0.1, -0.05) is 12.1 Å². The van der Waals surface area contributed by atoms with Gasteiger partial charge in [-0.3, -0.25) is 9.59 Å². The van der Waals surface area contributed by atoms with Crippen LogP contribution in [0, 0.1) is 5.92 Å². The van der Waals surface area contributed by atoms with Gasteiger partial charge < -0.3 is 20.3 Å². The molecule has 2 N–H and O–H groups in total. The second kappa shape index (κ2) is 9.14. The van der Waals surface area contributed by atoms with E-state index in [0.717, 1.165) is 45.4 Å². The van der Waals surface area contributed by atoms with Crippen molar-refractivity contribution in [2.75, 3.05) is 38.6 Å². The number of anilines is 1. The van der Waals surface area contributed by atoms with Gasteiger partial charge in [0.05, 0.1) is 17.4 Å². The number of para-hydroxylation sites is 1. The Morgan fingerprint density at radius 2 is 1.96 bits per heavy atom. The zero-order valence-corrected chi connectivity index (χ0v) is 15.5. The SMILES string of the molecule is CN1CCC(CC(=O)Nc2ccccc2C(=O)NCC2CCCO2)CC1. The standard InChI is InChI=1S/C20H29N3O3/c1-23-10-8-15(9-11-23)13-19(24)22-18-7-3-2-6-17(18)20(25)21-14-16-5-4-12-26-16/h2-3,6-7,15-16H,4-5,8-14H2,1H3,(H,21,25)(H,22,24). The number of rotatable bonds is 6. The summed E-state index contributed by atoms with van der Waals surface area (Å²) in [5, 5.41) is 5.85. The molecule has 2 heterocycles. The number of benzene rings is 1. The first-order valence-corrected chi connectivity index (χ1v) is 9.59. The quantitative estimate of drug-likeness (QED) is 0.817. The second-order valence-corrected chi connectivity index (χ2v) is 7.39. The number of carbonyl (C=O) groups is 2. The van der Waals surface area contributed by atoms with Crippen LogP contribution in [-0.2, 0) is 9.53 Å². The molecule has 0 aromatic heterocycles. The molecule has 2 aliphatic rings. The number of nitrogens with zero attached hydrogens (tertiary/aromatic N) is 1. The monoisotopic (exact) mass is 359 g/mol. The van der Waals surface area contributed by atoms with E-state index in [9.17, 15) is 9.59 Å². The van der Waals surface area contributed by atoms with Crippen LogP contribution < -0.4 is 10.6 Å². The summed E-state index contributed by atoms with van der Waals surface area (Å²) in [5.41, 5.74) is 1.08. The van der Waals surface area contributed by atoms with Crippen molar-refractivity contribution in [3.63, 3.8) is 0 Å². The molecule has 0 spiro atoms. The van der Waals surface area contributed by atoms with E-state index in [1.54, 1.807) is 12.1 Å². The number of amides is 2. The van der Waals surface area contributed by atoms with Crippen LogP contribution in [0.15, 0.2) is 24.3 Å². The Balaban J connectivity index is 1.54. The Hall–Kier alpha value is -1.92. The summed E-state index contributed by atoms with van der Waals surface area (Å²) in [4.78, 5) is 27.2. The van der Waals surface area contributed by atoms with Crippen LogP contribution in [0.1, 0.15) is 42.5 Å². The number of likely N-dealkylation sites (tertiary alicyclic amines) is 1. The Kier molecular flexibility index (Phi) is 6.63. The van der Waals surface area contributed by atoms with Crippen molar-refractivity contribution in [3.8, 4) is 0 Å². The highest BCUT2D eigenvalue weighted by molar-refractivity contribution is 6.03. The van der Waals surface area contributed by atoms with Gasteiger partial charge in [0.1, 0.15) is 0 Å². The molecule has 2 saturated heterocycles. The molecule has 1 atom stereocenters. The number of hydrogen-bond acceptors (Lipinski definition) is 4. The van der Waals surface area contributed by atoms with Crippen LogP contribution in [0.4, 0.5) is 5.69 Å². The molecule has 142 valence electrons. The van der Waals surface area contributed by atoms with E-state index < -0.39 is 0 Å². The molecule has 0 saturated carbocycles. The number of carbonyl (C=O) groups excluding carboxylic acids is 2. The average molecular weight is 359 g/mol. The molecule has 6 nitrogen and oxygen atoms in total. The fraction of sp³-hybridized carbons (Fsp3) is 0.600. The van der Waals surface area contributed by atoms with E-state index in [2.05, 4.69) is 22.6 Å². The van der Waals surface area contributed by atoms with Gasteiger partial charge in [0.15, 0.2) is 0 Å². The maximum atomic E-state index is 12.5. The van der Waals surface area contributed by atoms with Gasteiger partial charge in [0.2, 0.25) is 5.91 Å². The predicted octanol–water partition coefficient (Wildman–Crippen LogP) is 2.27. The first-order valence-electron chi connectivity index (χ1n) is 9.59. The highest BCUT2D eigenvalue weighted by atomic mass is 16.5. The van der Waals surface area contributed by atoms with Crippen LogP contribution in [0.5, 0.6) is 0 Å². The van der Waals surface area contributed by atoms with E-state index >= 15 is 0 Å². The van der Waals surface area contributed by atoms with E-state index in [0.29, 0.717) is 30.1 Å². The number of nitrogens with one attached hydrogen (secondary N) is 2. The third kappa shape index (κ3) is 5.29. The number of ether oxygens (including phenoxy) is 1. The van der Waals surface area contributed by atoms with Crippen molar-refractivity contribution >= 4 is 17.5 Å². The summed E-state index contributed by atoms with van der Waals surface area (Å²) >= 11 is 0. The molecule has 2 fully saturated rings. The van der Waals surface area contributed by atoms with Crippen LogP contribution in [0.3, 0.4) is 0 Å². The fourth-order valence-corrected chi connectivity index (χ4v) is 3.63. The summed E-state index contributed by atoms with van der Waals surface area (Å²) in [6, 6.07) is 7.18. The molecule has 0 aliphatic carbocycles. The lowest BCUT2D eigenvalue weighted by Crippen LogP contribution is -2.33. The fourth-order valence-electron chi connectivity index (χ4n) is 3.63. The second-order valence-electron chi connectivity index (χ2n) is 7.39. The molecule has 2 amide bonds. The van der Waals surface area contributed by atoms with Gasteiger partial charge in [-0.25, -0.2) is 0 Å². The Bertz CT molecular complexity index is 620. The van der Waals surface area contributed by atoms with Crippen molar-refractivity contribution in [1.29, 1.82) is 0 Å². The highest BCUT2D eigenvalue weighted by Gasteiger charge is 2.21. The van der Waals surface area contributed by atoms with Gasteiger partial charge in [0, 0.05) is 19.6 Å². The van der Waals surface area contributed by atoms with Gasteiger partial charge in [0.25, 0.3) is 5.91 Å². The summed E-state index contributed by atoms with van der Waals surface area (Å²) in [6.07, 6.45) is 4.74. The van der Waals surface area contributed by atoms with Crippen molar-refractivity contribution in [2.24, 2.45) is 5.92 Å². The van der Waals surface area contributed by atoms with Crippen molar-refractivity contribution < 1.29 is 14.3 Å². The number of hydrogen-bond donors (Lipinski definition) is 2. The maximum Gasteiger partial charge on any atom is 0.253 e. The zero-order chi connectivity index (χ0) is 18.4. The van der Waals surface area contributed by atoms with Gasteiger partial charge in [-0.15, -0.1) is 0 Å². The summed E-state index contributed by atoms with van der Waals surface area (Å²) < 4.78 is 5.54. The molecular weight excluding hydrogens is 330 g/mol. The summed E-state index contributed by atoms with van der Waals surface area (Å²) in [6.45, 7) is 3.36. The Labute approximate surface area is 155 Å². The predicted molar refractivity (Wildman–Crippen MR) is 101 cm³/mol. The van der Waals surface area contributed by atoms with Crippen LogP contribution in [0.2, 0.25) is 0 Å². The molecule has 0 bridgehead atoms. The molecular formula is C20H29N3O3. The Morgan fingerprint density at radius 1 is 1.19 bits per heavy atom. The third-order valence-electron chi connectivity index (χ3n) is 5.27. The minimum absolute atomic E-state index is 0.0149. The highest BCUT2D eigenvalue weighted by Crippen LogP contribution is 2.21. The van der Waals surface area contributed by atoms with Crippen LogP contribution >= 0.6 is 0 Å². The Morgan fingerprint density at radius 3 is 2.69 bits per heavy atom. The molecule has 6 heteroatoms. The third-order valence-corrected chi connectivity index (χ3v) is 5.27. The number of piperidine rings is 1. The maximum absolute atomic E-state index is 12.5. The molecule has 26 heavy (non-hydrogen) atoms. The average Bonchev–Trinajstić information content (AvgIpc) is 3.16. The van der Waals surface area contributed by atoms with Crippen LogP contribution in [0.25, 0.3) is 0 Å². The zero-order valence-electron chi connectivity index (χ0n) is 15.5. The van der Waals surface area contributed by atoms with E-state index in [-0.39, 0.29) is 17.9 Å². The molecule has 0 radical (unpaired) electrons. The smallest absolute Gasteiger partial charge is 0.253 e. The molecule has 1 aromatic carbocycles. The summed E-state index contributed by atoms with van der Waals surface area (Å²) in [5.74, 6) is 0.237. The van der Waals surface area contributed by atoms with Crippen molar-refractivity contribution in [1.82, 2.24) is 10.2 Å². The lowest BCUT2D eigenvalue weighted by atomic mass is 9.93. The first-order chi connectivity index (χ1) is 12.6. The molecule has 1 unspecified atom stereocenters. The first kappa shape index (κ1) is 18.9. The lowest BCUT2D eigenvalue weighted by molar-refractivity contribution is -0.117. The van der Waals surface area contributed by atoms with Gasteiger partial charge in [-0.05, 0) is 63.9 Å². The largest absolute Gasteiger partial charge is 0.376 e. The van der Waals surface area contributed by atoms with E-state index in [1.165, 1.54) is 0 Å². The van der Waals surface area contributed by atoms with Crippen molar-refractivity contribution in [3.05, 3.63) is 29.8 Å². The van der Waals surface area contributed by atoms with Crippen molar-refractivity contribution in [2.45, 2.75) is 38.2 Å². The van der Waals surface area contributed by atoms with Gasteiger partial charge >= 0.3 is 0 Å². The topological polar surface area (TPSA) is 70.7 Å². The molecule has 2 aliphatic heterocycles. The normalized spacial score (nSPS) is 21.5. The molecule has 1 aromatic rings. The minimum Gasteiger partial charge on any atom is -0.376 e. The van der Waals surface area contributed by atoms with E-state index in [4.69, 9.17) is 4.74 Å². The lowest BCUT2D eigenvalue weighted by Gasteiger charge is -2.28. The van der Waals surface area contributed by atoms with E-state index in [1.807, 2.05) is 12.1 Å².